The summed E-state index contributed by atoms with van der Waals surface area (Å²) in [5, 5.41) is 8.73. The predicted molar refractivity (Wildman–Crippen MR) is 212 cm³/mol. The molecule has 10 heteroatoms. The first kappa shape index (κ1) is 38.6. The Bertz CT molecular complexity index is 1960. The Balaban J connectivity index is 1.30. The second-order valence-electron chi connectivity index (χ2n) is 14.4. The van der Waals surface area contributed by atoms with Gasteiger partial charge in [0.15, 0.2) is 0 Å². The summed E-state index contributed by atoms with van der Waals surface area (Å²) < 4.78 is 5.13. The molecule has 1 heterocycles. The van der Waals surface area contributed by atoms with Crippen molar-refractivity contribution < 1.29 is 23.9 Å². The van der Waals surface area contributed by atoms with E-state index in [1.54, 1.807) is 55.5 Å². The van der Waals surface area contributed by atoms with Crippen LogP contribution in [0.15, 0.2) is 89.5 Å². The molecule has 4 aromatic rings. The molecular weight excluding hydrogens is 691 g/mol. The number of methoxy groups -OCH3 is 1. The Morgan fingerprint density at radius 1 is 0.923 bits per heavy atom. The van der Waals surface area contributed by atoms with E-state index in [2.05, 4.69) is 50.6 Å². The van der Waals surface area contributed by atoms with E-state index in [1.165, 1.54) is 35.8 Å². The summed E-state index contributed by atoms with van der Waals surface area (Å²) in [6, 6.07) is 23.8. The van der Waals surface area contributed by atoms with Crippen molar-refractivity contribution in [1.29, 1.82) is 0 Å². The number of anilines is 2. The molecule has 1 aliphatic carbocycles. The van der Waals surface area contributed by atoms with E-state index in [-0.39, 0.29) is 17.0 Å². The van der Waals surface area contributed by atoms with Gasteiger partial charge in [-0.05, 0) is 96.5 Å². The Morgan fingerprint density at radius 2 is 1.63 bits per heavy atom. The monoisotopic (exact) mass is 737 g/mol. The lowest BCUT2D eigenvalue weighted by Crippen LogP contribution is -2.30. The summed E-state index contributed by atoms with van der Waals surface area (Å²) in [7, 11) is 1.36. The third-order valence-electron chi connectivity index (χ3n) is 9.33. The summed E-state index contributed by atoms with van der Waals surface area (Å²) >= 11 is 2.80. The molecule has 272 valence electrons. The number of benzene rings is 3. The van der Waals surface area contributed by atoms with Gasteiger partial charge in [-0.1, -0.05) is 83.1 Å². The number of carbonyl (C=O) groups excluding carboxylic acids is 4. The fourth-order valence-corrected chi connectivity index (χ4v) is 8.38. The van der Waals surface area contributed by atoms with E-state index in [9.17, 15) is 19.2 Å². The number of hydrogen-bond acceptors (Lipinski definition) is 7. The van der Waals surface area contributed by atoms with Gasteiger partial charge in [0.1, 0.15) is 10.7 Å². The number of esters is 1. The minimum absolute atomic E-state index is 0.0887. The maximum absolute atomic E-state index is 13.7. The molecule has 2 unspecified atom stereocenters. The van der Waals surface area contributed by atoms with Crippen LogP contribution in [0.4, 0.5) is 10.7 Å². The molecule has 3 amide bonds. The lowest BCUT2D eigenvalue weighted by Gasteiger charge is -2.33. The summed E-state index contributed by atoms with van der Waals surface area (Å²) in [6.45, 7) is 12.8. The third-order valence-corrected chi connectivity index (χ3v) is 11.6. The maximum Gasteiger partial charge on any atom is 0.341 e. The van der Waals surface area contributed by atoms with E-state index in [0.29, 0.717) is 33.7 Å². The van der Waals surface area contributed by atoms with Crippen LogP contribution in [0, 0.1) is 11.3 Å². The Labute approximate surface area is 314 Å². The molecule has 0 radical (unpaired) electrons. The fraction of sp³-hybridized carbons (Fsp3) is 0.333. The molecule has 0 spiro atoms. The van der Waals surface area contributed by atoms with Gasteiger partial charge >= 0.3 is 5.97 Å². The number of amides is 3. The quantitative estimate of drug-likeness (QED) is 0.0804. The van der Waals surface area contributed by atoms with E-state index < -0.39 is 23.0 Å². The molecule has 1 aliphatic rings. The Morgan fingerprint density at radius 3 is 2.29 bits per heavy atom. The van der Waals surface area contributed by atoms with Crippen molar-refractivity contribution in [1.82, 2.24) is 5.32 Å². The van der Waals surface area contributed by atoms with Crippen molar-refractivity contribution in [2.75, 3.05) is 17.7 Å². The minimum Gasteiger partial charge on any atom is -0.465 e. The number of carbonyl (C=O) groups is 4. The van der Waals surface area contributed by atoms with Gasteiger partial charge in [0.2, 0.25) is 5.91 Å². The molecule has 8 nitrogen and oxygen atoms in total. The van der Waals surface area contributed by atoms with E-state index in [0.717, 1.165) is 40.2 Å². The molecule has 0 bridgehead atoms. The van der Waals surface area contributed by atoms with Crippen molar-refractivity contribution >= 4 is 63.6 Å². The van der Waals surface area contributed by atoms with Crippen LogP contribution in [-0.2, 0) is 27.2 Å². The zero-order valence-corrected chi connectivity index (χ0v) is 32.4. The lowest BCUT2D eigenvalue weighted by atomic mass is 9.72. The predicted octanol–water partition coefficient (Wildman–Crippen LogP) is 9.34. The van der Waals surface area contributed by atoms with Crippen LogP contribution >= 0.6 is 23.1 Å². The average Bonchev–Trinajstić information content (AvgIpc) is 3.48. The summed E-state index contributed by atoms with van der Waals surface area (Å²) in [4.78, 5) is 55.1. The van der Waals surface area contributed by atoms with Gasteiger partial charge in [-0.25, -0.2) is 4.79 Å². The second-order valence-corrected chi connectivity index (χ2v) is 17.0. The van der Waals surface area contributed by atoms with Crippen LogP contribution in [0.2, 0.25) is 0 Å². The number of nitrogens with one attached hydrogen (secondary N) is 3. The van der Waals surface area contributed by atoms with Crippen LogP contribution in [-0.4, -0.2) is 36.1 Å². The standard InChI is InChI=1S/C42H47N3O5S2/c1-25(2)28-18-16-27(17-19-28)22-34(44-38(47)29-12-9-8-10-13-29)39(48)43-31-14-11-15-32(24-31)51-26(3)37(46)45-40-36(41(49)50-7)33-21-20-30(42(4,5)6)23-35(33)52-40/h8-19,22,24-26,30H,20-21,23H2,1-7H3,(H,43,48)(H,44,47)(H,45,46)/b34-22+. The zero-order chi connectivity index (χ0) is 37.6. The second kappa shape index (κ2) is 16.8. The molecule has 52 heavy (non-hydrogen) atoms. The number of hydrogen-bond donors (Lipinski definition) is 3. The normalized spacial score (nSPS) is 15.0. The van der Waals surface area contributed by atoms with Gasteiger partial charge < -0.3 is 20.7 Å². The SMILES string of the molecule is COC(=O)c1c(NC(=O)C(C)Sc2cccc(NC(=O)/C(=C\c3ccc(C(C)C)cc3)NC(=O)c3ccccc3)c2)sc2c1CCC(C(C)(C)C)C2. The number of ether oxygens (including phenoxy) is 1. The molecule has 0 saturated heterocycles. The van der Waals surface area contributed by atoms with Crippen molar-refractivity contribution in [3.8, 4) is 0 Å². The molecule has 2 atom stereocenters. The van der Waals surface area contributed by atoms with Gasteiger partial charge in [0.05, 0.1) is 17.9 Å². The van der Waals surface area contributed by atoms with Gasteiger partial charge in [-0.2, -0.15) is 0 Å². The minimum atomic E-state index is -0.521. The van der Waals surface area contributed by atoms with Gasteiger partial charge in [0, 0.05) is 21.0 Å². The van der Waals surface area contributed by atoms with Crippen LogP contribution in [0.25, 0.3) is 6.08 Å². The number of thiophene rings is 1. The highest BCUT2D eigenvalue weighted by molar-refractivity contribution is 8.00. The first-order valence-electron chi connectivity index (χ1n) is 17.5. The lowest BCUT2D eigenvalue weighted by molar-refractivity contribution is -0.115. The molecule has 3 N–H and O–H groups in total. The summed E-state index contributed by atoms with van der Waals surface area (Å²) in [5.41, 5.74) is 4.54. The maximum atomic E-state index is 13.7. The Kier molecular flexibility index (Phi) is 12.4. The summed E-state index contributed by atoms with van der Waals surface area (Å²) in [5.74, 6) is -0.730. The van der Waals surface area contributed by atoms with Crippen LogP contribution in [0.5, 0.6) is 0 Å². The third kappa shape index (κ3) is 9.60. The van der Waals surface area contributed by atoms with Gasteiger partial charge in [0.25, 0.3) is 11.8 Å². The largest absolute Gasteiger partial charge is 0.465 e. The molecule has 0 aliphatic heterocycles. The summed E-state index contributed by atoms with van der Waals surface area (Å²) in [6.07, 6.45) is 4.27. The van der Waals surface area contributed by atoms with Crippen LogP contribution < -0.4 is 16.0 Å². The van der Waals surface area contributed by atoms with Crippen molar-refractivity contribution in [3.05, 3.63) is 117 Å². The van der Waals surface area contributed by atoms with Crippen molar-refractivity contribution in [2.45, 2.75) is 76.9 Å². The van der Waals surface area contributed by atoms with Crippen LogP contribution in [0.3, 0.4) is 0 Å². The van der Waals surface area contributed by atoms with Gasteiger partial charge in [-0.15, -0.1) is 23.1 Å². The fourth-order valence-electron chi connectivity index (χ4n) is 6.13. The van der Waals surface area contributed by atoms with E-state index in [1.807, 2.05) is 36.4 Å². The van der Waals surface area contributed by atoms with Crippen molar-refractivity contribution in [3.63, 3.8) is 0 Å². The number of fused-ring (bicyclic) bond motifs is 1. The molecule has 1 aromatic heterocycles. The van der Waals surface area contributed by atoms with Crippen LogP contribution in [0.1, 0.15) is 96.2 Å². The molecule has 0 fully saturated rings. The first-order valence-corrected chi connectivity index (χ1v) is 19.2. The number of rotatable bonds is 11. The average molecular weight is 738 g/mol. The molecular formula is C42H47N3O5S2. The highest BCUT2D eigenvalue weighted by Gasteiger charge is 2.34. The topological polar surface area (TPSA) is 114 Å². The molecule has 0 saturated carbocycles. The highest BCUT2D eigenvalue weighted by Crippen LogP contribution is 2.44. The van der Waals surface area contributed by atoms with E-state index in [4.69, 9.17) is 4.74 Å². The van der Waals surface area contributed by atoms with Gasteiger partial charge in [-0.3, -0.25) is 14.4 Å². The molecule has 3 aromatic carbocycles. The molecule has 5 rings (SSSR count). The first-order chi connectivity index (χ1) is 24.7. The Hall–Kier alpha value is -4.67. The highest BCUT2D eigenvalue weighted by atomic mass is 32.2. The number of thioether (sulfide) groups is 1. The smallest absolute Gasteiger partial charge is 0.341 e. The zero-order valence-electron chi connectivity index (χ0n) is 30.8. The van der Waals surface area contributed by atoms with Crippen molar-refractivity contribution in [2.24, 2.45) is 11.3 Å². The van der Waals surface area contributed by atoms with E-state index >= 15 is 0 Å².